The van der Waals surface area contributed by atoms with Crippen LogP contribution in [-0.4, -0.2) is 22.2 Å². The summed E-state index contributed by atoms with van der Waals surface area (Å²) in [7, 11) is 0. The summed E-state index contributed by atoms with van der Waals surface area (Å²) >= 11 is 11.6. The maximum absolute atomic E-state index is 12.2. The van der Waals surface area contributed by atoms with E-state index in [0.717, 1.165) is 11.3 Å². The molecule has 0 bridgehead atoms. The van der Waals surface area contributed by atoms with Crippen LogP contribution in [0.3, 0.4) is 0 Å². The first-order valence-corrected chi connectivity index (χ1v) is 8.79. The Morgan fingerprint density at radius 1 is 1.04 bits per heavy atom. The normalized spacial score (nSPS) is 10.5. The number of halogens is 2. The molecule has 1 amide bonds. The summed E-state index contributed by atoms with van der Waals surface area (Å²) in [6.07, 6.45) is 3.28. The molecular weight excluding hydrogens is 373 g/mol. The lowest BCUT2D eigenvalue weighted by molar-refractivity contribution is 0.0952. The van der Waals surface area contributed by atoms with Crippen molar-refractivity contribution in [2.24, 2.45) is 0 Å². The van der Waals surface area contributed by atoms with Gasteiger partial charge in [-0.05, 0) is 42.0 Å². The van der Waals surface area contributed by atoms with Gasteiger partial charge in [-0.1, -0.05) is 35.3 Å². The molecule has 0 aliphatic carbocycles. The number of aromatic nitrogens is 2. The van der Waals surface area contributed by atoms with Gasteiger partial charge >= 0.3 is 0 Å². The molecule has 1 aromatic heterocycles. The molecule has 0 fully saturated rings. The largest absolute Gasteiger partial charge is 0.489 e. The first-order chi connectivity index (χ1) is 12.6. The molecular formula is C19H17Cl2N3O2. The number of rotatable bonds is 7. The van der Waals surface area contributed by atoms with Crippen LogP contribution in [0, 0.1) is 0 Å². The van der Waals surface area contributed by atoms with Crippen LogP contribution in [0.15, 0.2) is 60.9 Å². The predicted octanol–water partition coefficient (Wildman–Crippen LogP) is 4.20. The van der Waals surface area contributed by atoms with Gasteiger partial charge in [-0.3, -0.25) is 9.48 Å². The van der Waals surface area contributed by atoms with E-state index in [1.54, 1.807) is 41.3 Å². The van der Waals surface area contributed by atoms with Crippen LogP contribution in [0.1, 0.15) is 15.9 Å². The Kier molecular flexibility index (Phi) is 6.15. The molecule has 26 heavy (non-hydrogen) atoms. The Hall–Kier alpha value is -2.50. The van der Waals surface area contributed by atoms with E-state index in [4.69, 9.17) is 27.9 Å². The fourth-order valence-electron chi connectivity index (χ4n) is 2.30. The summed E-state index contributed by atoms with van der Waals surface area (Å²) in [4.78, 5) is 12.2. The Labute approximate surface area is 161 Å². The molecule has 1 N–H and O–H groups in total. The second-order valence-electron chi connectivity index (χ2n) is 5.62. The molecule has 1 heterocycles. The van der Waals surface area contributed by atoms with E-state index in [1.807, 2.05) is 24.3 Å². The molecule has 5 nitrogen and oxygen atoms in total. The Morgan fingerprint density at radius 3 is 2.42 bits per heavy atom. The van der Waals surface area contributed by atoms with Gasteiger partial charge in [0.15, 0.2) is 0 Å². The Bertz CT molecular complexity index is 861. The lowest BCUT2D eigenvalue weighted by Gasteiger charge is -2.08. The van der Waals surface area contributed by atoms with Crippen molar-refractivity contribution in [2.75, 3.05) is 6.54 Å². The monoisotopic (exact) mass is 389 g/mol. The maximum atomic E-state index is 12.2. The fourth-order valence-corrected chi connectivity index (χ4v) is 2.58. The van der Waals surface area contributed by atoms with Gasteiger partial charge in [0.1, 0.15) is 12.4 Å². The maximum Gasteiger partial charge on any atom is 0.251 e. The van der Waals surface area contributed by atoms with Crippen molar-refractivity contribution in [2.45, 2.75) is 13.2 Å². The van der Waals surface area contributed by atoms with Crippen LogP contribution in [0.5, 0.6) is 5.75 Å². The third kappa shape index (κ3) is 5.25. The molecule has 3 rings (SSSR count). The zero-order chi connectivity index (χ0) is 18.4. The average molecular weight is 390 g/mol. The highest BCUT2D eigenvalue weighted by Gasteiger charge is 2.05. The zero-order valence-electron chi connectivity index (χ0n) is 13.9. The highest BCUT2D eigenvalue weighted by atomic mass is 35.5. The fraction of sp³-hybridized carbons (Fsp3) is 0.158. The molecule has 134 valence electrons. The van der Waals surface area contributed by atoms with Crippen molar-refractivity contribution in [1.29, 1.82) is 0 Å². The minimum atomic E-state index is -0.131. The molecule has 0 saturated carbocycles. The van der Waals surface area contributed by atoms with Gasteiger partial charge in [-0.25, -0.2) is 0 Å². The molecule has 0 aliphatic rings. The van der Waals surface area contributed by atoms with E-state index < -0.39 is 0 Å². The second-order valence-corrected chi connectivity index (χ2v) is 6.49. The van der Waals surface area contributed by atoms with Crippen LogP contribution in [0.2, 0.25) is 10.0 Å². The van der Waals surface area contributed by atoms with E-state index in [0.29, 0.717) is 35.3 Å². The smallest absolute Gasteiger partial charge is 0.251 e. The molecule has 7 heteroatoms. The highest BCUT2D eigenvalue weighted by molar-refractivity contribution is 6.30. The van der Waals surface area contributed by atoms with Crippen molar-refractivity contribution in [3.05, 3.63) is 82.1 Å². The summed E-state index contributed by atoms with van der Waals surface area (Å²) in [5.74, 6) is 0.614. The van der Waals surface area contributed by atoms with Crippen LogP contribution >= 0.6 is 23.2 Å². The highest BCUT2D eigenvalue weighted by Crippen LogP contribution is 2.17. The van der Waals surface area contributed by atoms with Crippen LogP contribution < -0.4 is 10.1 Å². The lowest BCUT2D eigenvalue weighted by Crippen LogP contribution is -2.27. The van der Waals surface area contributed by atoms with Crippen LogP contribution in [-0.2, 0) is 13.2 Å². The lowest BCUT2D eigenvalue weighted by atomic mass is 10.1. The van der Waals surface area contributed by atoms with E-state index >= 15 is 0 Å². The molecule has 0 unspecified atom stereocenters. The van der Waals surface area contributed by atoms with Crippen molar-refractivity contribution < 1.29 is 9.53 Å². The van der Waals surface area contributed by atoms with Gasteiger partial charge in [0.25, 0.3) is 5.91 Å². The van der Waals surface area contributed by atoms with E-state index in [1.165, 1.54) is 0 Å². The number of nitrogens with one attached hydrogen (secondary N) is 1. The van der Waals surface area contributed by atoms with Gasteiger partial charge in [-0.15, -0.1) is 0 Å². The number of carbonyl (C=O) groups is 1. The summed E-state index contributed by atoms with van der Waals surface area (Å²) in [6, 6.07) is 14.5. The number of hydrogen-bond acceptors (Lipinski definition) is 3. The molecule has 2 aromatic carbocycles. The van der Waals surface area contributed by atoms with Crippen molar-refractivity contribution in [3.63, 3.8) is 0 Å². The van der Waals surface area contributed by atoms with Crippen LogP contribution in [0.4, 0.5) is 0 Å². The SMILES string of the molecule is O=C(NCCn1cc(Cl)cn1)c1ccc(COc2ccc(Cl)cc2)cc1. The Balaban J connectivity index is 1.46. The topological polar surface area (TPSA) is 56.2 Å². The number of hydrogen-bond donors (Lipinski definition) is 1. The zero-order valence-corrected chi connectivity index (χ0v) is 15.4. The molecule has 0 spiro atoms. The molecule has 0 aliphatic heterocycles. The van der Waals surface area contributed by atoms with Gasteiger partial charge in [0.05, 0.1) is 17.8 Å². The van der Waals surface area contributed by atoms with Gasteiger partial charge in [-0.2, -0.15) is 5.10 Å². The summed E-state index contributed by atoms with van der Waals surface area (Å²) in [5.41, 5.74) is 1.57. The van der Waals surface area contributed by atoms with Gasteiger partial charge < -0.3 is 10.1 Å². The summed E-state index contributed by atoms with van der Waals surface area (Å²) < 4.78 is 7.36. The standard InChI is InChI=1S/C19H17Cl2N3O2/c20-16-5-7-18(8-6-16)26-13-14-1-3-15(4-2-14)19(25)22-9-10-24-12-17(21)11-23-24/h1-8,11-12H,9-10,13H2,(H,22,25). The van der Waals surface area contributed by atoms with Gasteiger partial charge in [0, 0.05) is 23.3 Å². The van der Waals surface area contributed by atoms with Crippen molar-refractivity contribution >= 4 is 29.1 Å². The van der Waals surface area contributed by atoms with E-state index in [2.05, 4.69) is 10.4 Å². The number of carbonyl (C=O) groups excluding carboxylic acids is 1. The first-order valence-electron chi connectivity index (χ1n) is 8.03. The van der Waals surface area contributed by atoms with Gasteiger partial charge in [0.2, 0.25) is 0 Å². The Morgan fingerprint density at radius 2 is 1.77 bits per heavy atom. The second kappa shape index (κ2) is 8.74. The quantitative estimate of drug-likeness (QED) is 0.658. The molecule has 0 radical (unpaired) electrons. The third-order valence-electron chi connectivity index (χ3n) is 3.66. The third-order valence-corrected chi connectivity index (χ3v) is 4.11. The van der Waals surface area contributed by atoms with Crippen molar-refractivity contribution in [1.82, 2.24) is 15.1 Å². The number of nitrogens with zero attached hydrogens (tertiary/aromatic N) is 2. The van der Waals surface area contributed by atoms with Crippen molar-refractivity contribution in [3.8, 4) is 5.75 Å². The van der Waals surface area contributed by atoms with E-state index in [-0.39, 0.29) is 5.91 Å². The summed E-state index contributed by atoms with van der Waals surface area (Å²) in [5, 5.41) is 8.16. The minimum absolute atomic E-state index is 0.131. The average Bonchev–Trinajstić information content (AvgIpc) is 3.07. The molecule has 0 atom stereocenters. The summed E-state index contributed by atoms with van der Waals surface area (Å²) in [6.45, 7) is 1.45. The minimum Gasteiger partial charge on any atom is -0.489 e. The predicted molar refractivity (Wildman–Crippen MR) is 102 cm³/mol. The number of amides is 1. The van der Waals surface area contributed by atoms with Crippen LogP contribution in [0.25, 0.3) is 0 Å². The molecule has 3 aromatic rings. The molecule has 0 saturated heterocycles. The number of ether oxygens (including phenoxy) is 1. The number of benzene rings is 2. The van der Waals surface area contributed by atoms with E-state index in [9.17, 15) is 4.79 Å². The first kappa shape index (κ1) is 18.3.